The molecule has 0 aliphatic carbocycles. The van der Waals surface area contributed by atoms with Gasteiger partial charge in [0.1, 0.15) is 11.6 Å². The van der Waals surface area contributed by atoms with Crippen molar-refractivity contribution in [3.63, 3.8) is 0 Å². The molecule has 0 unspecified atom stereocenters. The number of nitriles is 1. The van der Waals surface area contributed by atoms with Crippen LogP contribution in [0.2, 0.25) is 0 Å². The lowest BCUT2D eigenvalue weighted by Crippen LogP contribution is -2.01. The number of hydrogen-bond donors (Lipinski definition) is 0. The molecule has 3 rings (SSSR count). The molecular formula is C18H13NO3S. The summed E-state index contributed by atoms with van der Waals surface area (Å²) < 4.78 is 10.5. The average Bonchev–Trinajstić information content (AvgIpc) is 3.07. The molecule has 2 aromatic carbocycles. The van der Waals surface area contributed by atoms with Gasteiger partial charge in [0.15, 0.2) is 11.5 Å². The number of hydrogen-bond acceptors (Lipinski definition) is 5. The van der Waals surface area contributed by atoms with Crippen LogP contribution in [0, 0.1) is 11.3 Å². The van der Waals surface area contributed by atoms with Crippen LogP contribution in [0.25, 0.3) is 6.08 Å². The number of fused-ring (bicyclic) bond motifs is 1. The van der Waals surface area contributed by atoms with Crippen LogP contribution in [0.1, 0.15) is 15.9 Å². The molecule has 4 nitrogen and oxygen atoms in total. The highest BCUT2D eigenvalue weighted by atomic mass is 32.2. The van der Waals surface area contributed by atoms with Crippen molar-refractivity contribution in [2.75, 3.05) is 13.0 Å². The lowest BCUT2D eigenvalue weighted by molar-refractivity contribution is 0.103. The Morgan fingerprint density at radius 3 is 2.61 bits per heavy atom. The van der Waals surface area contributed by atoms with E-state index in [9.17, 15) is 10.1 Å². The van der Waals surface area contributed by atoms with Gasteiger partial charge in [0, 0.05) is 10.5 Å². The molecule has 0 saturated carbocycles. The number of benzene rings is 2. The van der Waals surface area contributed by atoms with Crippen LogP contribution in [0.15, 0.2) is 52.9 Å². The van der Waals surface area contributed by atoms with Crippen LogP contribution in [-0.4, -0.2) is 18.8 Å². The number of ketones is 1. The van der Waals surface area contributed by atoms with Crippen LogP contribution in [0.4, 0.5) is 0 Å². The number of carbonyl (C=O) groups excluding carboxylic acids is 1. The fraction of sp³-hybridized carbons (Fsp3) is 0.111. The molecule has 23 heavy (non-hydrogen) atoms. The summed E-state index contributed by atoms with van der Waals surface area (Å²) in [6.07, 6.45) is 3.59. The quantitative estimate of drug-likeness (QED) is 0.369. The molecule has 1 heterocycles. The molecule has 0 amide bonds. The van der Waals surface area contributed by atoms with E-state index in [1.54, 1.807) is 36.0 Å². The smallest absolute Gasteiger partial charge is 0.231 e. The van der Waals surface area contributed by atoms with E-state index in [1.807, 2.05) is 36.6 Å². The highest BCUT2D eigenvalue weighted by molar-refractivity contribution is 7.98. The molecule has 0 atom stereocenters. The van der Waals surface area contributed by atoms with Gasteiger partial charge >= 0.3 is 0 Å². The largest absolute Gasteiger partial charge is 0.454 e. The fourth-order valence-electron chi connectivity index (χ4n) is 2.21. The summed E-state index contributed by atoms with van der Waals surface area (Å²) >= 11 is 1.64. The Kier molecular flexibility index (Phi) is 4.35. The lowest BCUT2D eigenvalue weighted by Gasteiger charge is -2.02. The highest BCUT2D eigenvalue weighted by Gasteiger charge is 2.18. The van der Waals surface area contributed by atoms with E-state index in [-0.39, 0.29) is 18.1 Å². The Bertz CT molecular complexity index is 819. The summed E-state index contributed by atoms with van der Waals surface area (Å²) in [6.45, 7) is 0.149. The molecule has 0 fully saturated rings. The zero-order valence-electron chi connectivity index (χ0n) is 12.4. The number of carbonyl (C=O) groups is 1. The van der Waals surface area contributed by atoms with Gasteiger partial charge < -0.3 is 9.47 Å². The van der Waals surface area contributed by atoms with Crippen LogP contribution >= 0.6 is 11.8 Å². The van der Waals surface area contributed by atoms with Gasteiger partial charge in [-0.25, -0.2) is 0 Å². The summed E-state index contributed by atoms with van der Waals surface area (Å²) in [5.41, 5.74) is 1.30. The number of thioether (sulfide) groups is 1. The second kappa shape index (κ2) is 6.59. The molecular weight excluding hydrogens is 310 g/mol. The zero-order chi connectivity index (χ0) is 16.2. The molecule has 0 spiro atoms. The lowest BCUT2D eigenvalue weighted by atomic mass is 10.0. The Hall–Kier alpha value is -2.71. The van der Waals surface area contributed by atoms with Crippen molar-refractivity contribution in [1.82, 2.24) is 0 Å². The molecule has 1 aliphatic heterocycles. The van der Waals surface area contributed by atoms with E-state index in [0.717, 1.165) is 10.5 Å². The maximum Gasteiger partial charge on any atom is 0.231 e. The van der Waals surface area contributed by atoms with Crippen molar-refractivity contribution in [2.45, 2.75) is 4.90 Å². The molecule has 0 radical (unpaired) electrons. The van der Waals surface area contributed by atoms with Gasteiger partial charge in [0.25, 0.3) is 0 Å². The van der Waals surface area contributed by atoms with Crippen LogP contribution < -0.4 is 9.47 Å². The zero-order valence-corrected chi connectivity index (χ0v) is 13.2. The number of rotatable bonds is 4. The number of nitrogens with zero attached hydrogens (tertiary/aromatic N) is 1. The minimum absolute atomic E-state index is 0.0840. The van der Waals surface area contributed by atoms with Gasteiger partial charge in [-0.3, -0.25) is 4.79 Å². The molecule has 1 aliphatic rings. The summed E-state index contributed by atoms with van der Waals surface area (Å²) in [7, 11) is 0. The highest BCUT2D eigenvalue weighted by Crippen LogP contribution is 2.33. The minimum atomic E-state index is -0.334. The van der Waals surface area contributed by atoms with Gasteiger partial charge in [-0.15, -0.1) is 11.8 Å². The van der Waals surface area contributed by atoms with Gasteiger partial charge in [0.05, 0.1) is 0 Å². The third-order valence-electron chi connectivity index (χ3n) is 3.43. The maximum atomic E-state index is 12.5. The first-order valence-corrected chi connectivity index (χ1v) is 8.14. The molecule has 0 N–H and O–H groups in total. The first-order valence-electron chi connectivity index (χ1n) is 6.91. The number of Topliss-reactive ketones (excluding diaryl/α,β-unsaturated/α-hetero) is 1. The van der Waals surface area contributed by atoms with Crippen molar-refractivity contribution in [3.8, 4) is 17.6 Å². The normalized spacial score (nSPS) is 12.8. The first-order chi connectivity index (χ1) is 11.2. The van der Waals surface area contributed by atoms with E-state index in [1.165, 1.54) is 0 Å². The van der Waals surface area contributed by atoms with Crippen molar-refractivity contribution in [2.24, 2.45) is 0 Å². The first kappa shape index (κ1) is 15.2. The topological polar surface area (TPSA) is 59.3 Å². The van der Waals surface area contributed by atoms with Gasteiger partial charge in [-0.2, -0.15) is 5.26 Å². The Morgan fingerprint density at radius 1 is 1.17 bits per heavy atom. The van der Waals surface area contributed by atoms with E-state index >= 15 is 0 Å². The molecule has 2 aromatic rings. The van der Waals surface area contributed by atoms with Crippen molar-refractivity contribution < 1.29 is 14.3 Å². The Morgan fingerprint density at radius 2 is 1.91 bits per heavy atom. The summed E-state index contributed by atoms with van der Waals surface area (Å²) in [5.74, 6) is 0.800. The monoisotopic (exact) mass is 323 g/mol. The molecule has 0 bridgehead atoms. The third kappa shape index (κ3) is 3.22. The van der Waals surface area contributed by atoms with Gasteiger partial charge in [-0.05, 0) is 48.2 Å². The maximum absolute atomic E-state index is 12.5. The molecule has 0 aromatic heterocycles. The minimum Gasteiger partial charge on any atom is -0.454 e. The van der Waals surface area contributed by atoms with E-state index in [4.69, 9.17) is 9.47 Å². The fourth-order valence-corrected chi connectivity index (χ4v) is 2.62. The van der Waals surface area contributed by atoms with E-state index in [0.29, 0.717) is 17.1 Å². The Balaban J connectivity index is 1.89. The second-order valence-corrected chi connectivity index (χ2v) is 5.72. The van der Waals surface area contributed by atoms with E-state index in [2.05, 4.69) is 0 Å². The molecule has 114 valence electrons. The average molecular weight is 323 g/mol. The predicted molar refractivity (Wildman–Crippen MR) is 88.7 cm³/mol. The summed E-state index contributed by atoms with van der Waals surface area (Å²) in [5, 5.41) is 9.31. The third-order valence-corrected chi connectivity index (χ3v) is 4.17. The second-order valence-electron chi connectivity index (χ2n) is 4.84. The van der Waals surface area contributed by atoms with Gasteiger partial charge in [-0.1, -0.05) is 12.1 Å². The van der Waals surface area contributed by atoms with Crippen LogP contribution in [0.3, 0.4) is 0 Å². The summed E-state index contributed by atoms with van der Waals surface area (Å²) in [4.78, 5) is 13.6. The Labute approximate surface area is 138 Å². The van der Waals surface area contributed by atoms with Crippen LogP contribution in [-0.2, 0) is 0 Å². The molecule has 0 saturated heterocycles. The number of ether oxygens (including phenoxy) is 2. The van der Waals surface area contributed by atoms with E-state index < -0.39 is 0 Å². The SMILES string of the molecule is CSc1ccc(/C=C(\C#N)C(=O)c2ccc3c(c2)OCO3)cc1. The van der Waals surface area contributed by atoms with Crippen molar-refractivity contribution >= 4 is 23.6 Å². The van der Waals surface area contributed by atoms with Crippen molar-refractivity contribution in [3.05, 3.63) is 59.2 Å². The molecule has 5 heteroatoms. The summed E-state index contributed by atoms with van der Waals surface area (Å²) in [6, 6.07) is 14.6. The van der Waals surface area contributed by atoms with Gasteiger partial charge in [0.2, 0.25) is 12.6 Å². The van der Waals surface area contributed by atoms with Crippen LogP contribution in [0.5, 0.6) is 11.5 Å². The number of allylic oxidation sites excluding steroid dienone is 1. The van der Waals surface area contributed by atoms with Crippen molar-refractivity contribution in [1.29, 1.82) is 5.26 Å². The standard InChI is InChI=1S/C18H13NO3S/c1-23-15-5-2-12(3-6-15)8-14(10-19)18(20)13-4-7-16-17(9-13)22-11-21-16/h2-9H,11H2,1H3/b14-8+. The predicted octanol–water partition coefficient (Wildman–Crippen LogP) is 3.93.